The van der Waals surface area contributed by atoms with Crippen molar-refractivity contribution in [3.8, 4) is 0 Å². The maximum atomic E-state index is 13.2. The zero-order valence-corrected chi connectivity index (χ0v) is 14.3. The summed E-state index contributed by atoms with van der Waals surface area (Å²) in [6, 6.07) is 8.65. The van der Waals surface area contributed by atoms with Crippen molar-refractivity contribution in [1.29, 1.82) is 0 Å². The van der Waals surface area contributed by atoms with Gasteiger partial charge in [0.05, 0.1) is 19.1 Å². The number of benzene rings is 2. The normalized spacial score (nSPS) is 12.3. The Labute approximate surface area is 153 Å². The van der Waals surface area contributed by atoms with Gasteiger partial charge in [-0.1, -0.05) is 24.3 Å². The SMILES string of the molecule is COC(=O)[C@H](Cc1ccc(C(F)(F)F)cc1)NC(=O)Cc1cccc(F)c1. The Kier molecular flexibility index (Phi) is 6.55. The van der Waals surface area contributed by atoms with Gasteiger partial charge in [0, 0.05) is 6.42 Å². The van der Waals surface area contributed by atoms with Gasteiger partial charge in [0.25, 0.3) is 0 Å². The first kappa shape index (κ1) is 20.4. The van der Waals surface area contributed by atoms with Crippen molar-refractivity contribution in [2.45, 2.75) is 25.1 Å². The number of amides is 1. The second-order valence-corrected chi connectivity index (χ2v) is 5.85. The summed E-state index contributed by atoms with van der Waals surface area (Å²) in [5.74, 6) is -1.76. The van der Waals surface area contributed by atoms with Crippen LogP contribution in [0.15, 0.2) is 48.5 Å². The van der Waals surface area contributed by atoms with Gasteiger partial charge in [0.2, 0.25) is 5.91 Å². The first-order chi connectivity index (χ1) is 12.7. The number of alkyl halides is 3. The predicted molar refractivity (Wildman–Crippen MR) is 89.2 cm³/mol. The molecule has 1 amide bonds. The highest BCUT2D eigenvalue weighted by Crippen LogP contribution is 2.29. The van der Waals surface area contributed by atoms with Crippen molar-refractivity contribution >= 4 is 11.9 Å². The van der Waals surface area contributed by atoms with E-state index in [9.17, 15) is 27.2 Å². The standard InChI is InChI=1S/C19H17F4NO3/c1-27-18(26)16(10-12-5-7-14(8-6-12)19(21,22)23)24-17(25)11-13-3-2-4-15(20)9-13/h2-9,16H,10-11H2,1H3,(H,24,25)/t16-/m0/s1. The summed E-state index contributed by atoms with van der Waals surface area (Å²) in [6.07, 6.45) is -4.66. The average molecular weight is 383 g/mol. The van der Waals surface area contributed by atoms with Crippen molar-refractivity contribution in [2.24, 2.45) is 0 Å². The largest absolute Gasteiger partial charge is 0.467 e. The number of nitrogens with one attached hydrogen (secondary N) is 1. The Bertz CT molecular complexity index is 803. The third-order valence-corrected chi connectivity index (χ3v) is 3.80. The van der Waals surface area contributed by atoms with Gasteiger partial charge < -0.3 is 10.1 Å². The molecule has 0 bridgehead atoms. The van der Waals surface area contributed by atoms with Crippen LogP contribution in [0.25, 0.3) is 0 Å². The molecule has 0 saturated heterocycles. The monoisotopic (exact) mass is 383 g/mol. The quantitative estimate of drug-likeness (QED) is 0.615. The summed E-state index contributed by atoms with van der Waals surface area (Å²) < 4.78 is 55.7. The summed E-state index contributed by atoms with van der Waals surface area (Å²) in [5.41, 5.74) is 0.0334. The fraction of sp³-hybridized carbons (Fsp3) is 0.263. The Morgan fingerprint density at radius 1 is 1.07 bits per heavy atom. The molecule has 2 rings (SSSR count). The van der Waals surface area contributed by atoms with Gasteiger partial charge in [-0.3, -0.25) is 4.79 Å². The molecule has 27 heavy (non-hydrogen) atoms. The molecule has 0 radical (unpaired) electrons. The lowest BCUT2D eigenvalue weighted by Crippen LogP contribution is -2.43. The highest BCUT2D eigenvalue weighted by molar-refractivity contribution is 5.85. The van der Waals surface area contributed by atoms with Crippen molar-refractivity contribution in [3.63, 3.8) is 0 Å². The van der Waals surface area contributed by atoms with Crippen LogP contribution >= 0.6 is 0 Å². The van der Waals surface area contributed by atoms with Crippen LogP contribution in [-0.2, 0) is 33.3 Å². The Balaban J connectivity index is 2.06. The van der Waals surface area contributed by atoms with Gasteiger partial charge in [-0.05, 0) is 35.4 Å². The third-order valence-electron chi connectivity index (χ3n) is 3.80. The van der Waals surface area contributed by atoms with E-state index in [0.29, 0.717) is 11.1 Å². The van der Waals surface area contributed by atoms with Crippen LogP contribution in [0.4, 0.5) is 17.6 Å². The number of esters is 1. The van der Waals surface area contributed by atoms with E-state index in [1.54, 1.807) is 6.07 Å². The summed E-state index contributed by atoms with van der Waals surface area (Å²) >= 11 is 0. The van der Waals surface area contributed by atoms with E-state index in [4.69, 9.17) is 0 Å². The molecule has 0 aromatic heterocycles. The maximum absolute atomic E-state index is 13.2. The molecule has 2 aromatic carbocycles. The van der Waals surface area contributed by atoms with Crippen LogP contribution in [0, 0.1) is 5.82 Å². The smallest absolute Gasteiger partial charge is 0.416 e. The van der Waals surface area contributed by atoms with Crippen molar-refractivity contribution < 1.29 is 31.9 Å². The Morgan fingerprint density at radius 3 is 2.30 bits per heavy atom. The van der Waals surface area contributed by atoms with E-state index < -0.39 is 35.5 Å². The molecule has 144 valence electrons. The minimum Gasteiger partial charge on any atom is -0.467 e. The van der Waals surface area contributed by atoms with Crippen LogP contribution in [0.2, 0.25) is 0 Å². The van der Waals surface area contributed by atoms with E-state index in [0.717, 1.165) is 19.2 Å². The third kappa shape index (κ3) is 6.09. The van der Waals surface area contributed by atoms with Crippen molar-refractivity contribution in [1.82, 2.24) is 5.32 Å². The molecule has 1 atom stereocenters. The summed E-state index contributed by atoms with van der Waals surface area (Å²) in [5, 5.41) is 2.47. The number of carbonyl (C=O) groups is 2. The van der Waals surface area contributed by atoms with Crippen LogP contribution < -0.4 is 5.32 Å². The molecule has 0 aliphatic carbocycles. The first-order valence-corrected chi connectivity index (χ1v) is 7.97. The minimum absolute atomic E-state index is 0.0420. The van der Waals surface area contributed by atoms with Crippen molar-refractivity contribution in [2.75, 3.05) is 7.11 Å². The highest BCUT2D eigenvalue weighted by atomic mass is 19.4. The van der Waals surface area contributed by atoms with Crippen LogP contribution in [0.5, 0.6) is 0 Å². The van der Waals surface area contributed by atoms with Gasteiger partial charge >= 0.3 is 12.1 Å². The Hall–Kier alpha value is -2.90. The second kappa shape index (κ2) is 8.66. The molecule has 8 heteroatoms. The summed E-state index contributed by atoms with van der Waals surface area (Å²) in [7, 11) is 1.14. The molecule has 0 aliphatic heterocycles. The second-order valence-electron chi connectivity index (χ2n) is 5.85. The molecular weight excluding hydrogens is 366 g/mol. The molecule has 0 unspecified atom stereocenters. The Morgan fingerprint density at radius 2 is 1.74 bits per heavy atom. The minimum atomic E-state index is -4.46. The van der Waals surface area contributed by atoms with E-state index in [-0.39, 0.29) is 12.8 Å². The number of carbonyl (C=O) groups excluding carboxylic acids is 2. The lowest BCUT2D eigenvalue weighted by molar-refractivity contribution is -0.145. The van der Waals surface area contributed by atoms with Crippen LogP contribution in [0.3, 0.4) is 0 Å². The molecule has 4 nitrogen and oxygen atoms in total. The summed E-state index contributed by atoms with van der Waals surface area (Å²) in [6.45, 7) is 0. The maximum Gasteiger partial charge on any atom is 0.416 e. The molecule has 2 aromatic rings. The topological polar surface area (TPSA) is 55.4 Å². The molecule has 0 heterocycles. The fourth-order valence-corrected chi connectivity index (χ4v) is 2.48. The number of hydrogen-bond acceptors (Lipinski definition) is 3. The lowest BCUT2D eigenvalue weighted by atomic mass is 10.0. The molecule has 1 N–H and O–H groups in total. The van der Waals surface area contributed by atoms with Crippen LogP contribution in [-0.4, -0.2) is 25.0 Å². The van der Waals surface area contributed by atoms with E-state index in [2.05, 4.69) is 10.1 Å². The van der Waals surface area contributed by atoms with Crippen molar-refractivity contribution in [3.05, 3.63) is 71.0 Å². The molecule has 0 spiro atoms. The number of halogens is 4. The van der Waals surface area contributed by atoms with Gasteiger partial charge in [-0.2, -0.15) is 13.2 Å². The zero-order chi connectivity index (χ0) is 20.0. The fourth-order valence-electron chi connectivity index (χ4n) is 2.48. The van der Waals surface area contributed by atoms with Gasteiger partial charge in [-0.15, -0.1) is 0 Å². The number of ether oxygens (including phenoxy) is 1. The first-order valence-electron chi connectivity index (χ1n) is 7.97. The van der Waals surface area contributed by atoms with Gasteiger partial charge in [0.15, 0.2) is 0 Å². The predicted octanol–water partition coefficient (Wildman–Crippen LogP) is 3.29. The van der Waals surface area contributed by atoms with Gasteiger partial charge in [0.1, 0.15) is 11.9 Å². The molecule has 0 saturated carbocycles. The average Bonchev–Trinajstić information content (AvgIpc) is 2.60. The number of rotatable bonds is 6. The van der Waals surface area contributed by atoms with E-state index in [1.807, 2.05) is 0 Å². The molecular formula is C19H17F4NO3. The highest BCUT2D eigenvalue weighted by Gasteiger charge is 2.30. The van der Waals surface area contributed by atoms with Gasteiger partial charge in [-0.25, -0.2) is 9.18 Å². The number of methoxy groups -OCH3 is 1. The number of hydrogen-bond donors (Lipinski definition) is 1. The van der Waals surface area contributed by atoms with E-state index >= 15 is 0 Å². The zero-order valence-electron chi connectivity index (χ0n) is 14.3. The molecule has 0 fully saturated rings. The summed E-state index contributed by atoms with van der Waals surface area (Å²) in [4.78, 5) is 24.0. The molecule has 0 aliphatic rings. The van der Waals surface area contributed by atoms with E-state index in [1.165, 1.54) is 30.3 Å². The lowest BCUT2D eigenvalue weighted by Gasteiger charge is -2.17. The van der Waals surface area contributed by atoms with Crippen LogP contribution in [0.1, 0.15) is 16.7 Å².